The van der Waals surface area contributed by atoms with E-state index >= 15 is 0 Å². The molecule has 3 rings (SSSR count). The molecule has 0 aliphatic rings. The molecule has 1 N–H and O–H groups in total. The second kappa shape index (κ2) is 6.71. The number of hydrogen-bond acceptors (Lipinski definition) is 4. The molecule has 0 aliphatic carbocycles. The number of anilines is 1. The minimum absolute atomic E-state index is 0.148. The second-order valence-corrected chi connectivity index (χ2v) is 6.50. The van der Waals surface area contributed by atoms with Crippen LogP contribution in [-0.2, 0) is 6.42 Å². The first kappa shape index (κ1) is 15.4. The fourth-order valence-electron chi connectivity index (χ4n) is 2.38. The van der Waals surface area contributed by atoms with Crippen LogP contribution in [-0.4, -0.2) is 16.1 Å². The van der Waals surface area contributed by atoms with Gasteiger partial charge < -0.3 is 0 Å². The Kier molecular flexibility index (Phi) is 4.48. The highest BCUT2D eigenvalue weighted by Crippen LogP contribution is 2.20. The monoisotopic (exact) mass is 323 g/mol. The Balaban J connectivity index is 1.70. The van der Waals surface area contributed by atoms with Gasteiger partial charge in [-0.25, -0.2) is 0 Å². The lowest BCUT2D eigenvalue weighted by Crippen LogP contribution is -2.13. The van der Waals surface area contributed by atoms with Gasteiger partial charge in [0.15, 0.2) is 0 Å². The van der Waals surface area contributed by atoms with Crippen LogP contribution >= 0.6 is 11.3 Å². The number of benzene rings is 2. The number of rotatable bonds is 4. The van der Waals surface area contributed by atoms with Gasteiger partial charge in [-0.2, -0.15) is 0 Å². The normalized spacial score (nSPS) is 10.5. The zero-order valence-corrected chi connectivity index (χ0v) is 13.9. The summed E-state index contributed by atoms with van der Waals surface area (Å²) in [5, 5.41) is 12.5. The summed E-state index contributed by atoms with van der Waals surface area (Å²) in [6, 6.07) is 15.9. The van der Waals surface area contributed by atoms with E-state index in [0.717, 1.165) is 22.6 Å². The van der Waals surface area contributed by atoms with Gasteiger partial charge in [-0.1, -0.05) is 59.4 Å². The number of aryl methyl sites for hydroxylation is 2. The summed E-state index contributed by atoms with van der Waals surface area (Å²) in [6.45, 7) is 3.94. The van der Waals surface area contributed by atoms with Crippen LogP contribution in [0.15, 0.2) is 48.5 Å². The van der Waals surface area contributed by atoms with E-state index in [1.165, 1.54) is 16.9 Å². The summed E-state index contributed by atoms with van der Waals surface area (Å²) >= 11 is 1.41. The van der Waals surface area contributed by atoms with Crippen molar-refractivity contribution in [3.05, 3.63) is 75.8 Å². The van der Waals surface area contributed by atoms with Crippen LogP contribution in [0.5, 0.6) is 0 Å². The van der Waals surface area contributed by atoms with Crippen molar-refractivity contribution >= 4 is 22.4 Å². The summed E-state index contributed by atoms with van der Waals surface area (Å²) in [4.78, 5) is 12.3. The predicted molar refractivity (Wildman–Crippen MR) is 93.0 cm³/mol. The molecular weight excluding hydrogens is 306 g/mol. The molecule has 0 radical (unpaired) electrons. The summed E-state index contributed by atoms with van der Waals surface area (Å²) in [6.07, 6.45) is 0.720. The molecule has 3 aromatic rings. The van der Waals surface area contributed by atoms with Crippen LogP contribution in [0.2, 0.25) is 0 Å². The third kappa shape index (κ3) is 3.81. The number of aromatic nitrogens is 2. The van der Waals surface area contributed by atoms with E-state index in [1.54, 1.807) is 0 Å². The molecule has 5 heteroatoms. The van der Waals surface area contributed by atoms with Crippen molar-refractivity contribution in [3.8, 4) is 0 Å². The predicted octanol–water partition coefficient (Wildman–Crippen LogP) is 4.00. The molecule has 4 nitrogen and oxygen atoms in total. The summed E-state index contributed by atoms with van der Waals surface area (Å²) in [7, 11) is 0. The van der Waals surface area contributed by atoms with Gasteiger partial charge in [0.05, 0.1) is 0 Å². The van der Waals surface area contributed by atoms with Crippen LogP contribution in [0, 0.1) is 13.8 Å². The number of carbonyl (C=O) groups excluding carboxylic acids is 1. The van der Waals surface area contributed by atoms with Gasteiger partial charge in [-0.15, -0.1) is 10.2 Å². The molecule has 0 spiro atoms. The first-order valence-corrected chi connectivity index (χ1v) is 8.18. The van der Waals surface area contributed by atoms with Gasteiger partial charge in [-0.05, 0) is 31.0 Å². The molecule has 2 aromatic carbocycles. The number of nitrogens with one attached hydrogen (secondary N) is 1. The SMILES string of the molecule is Cc1ccc(C(=O)Nc2nnc(Cc3ccccc3)s2)c(C)c1. The van der Waals surface area contributed by atoms with Crippen molar-refractivity contribution < 1.29 is 4.79 Å². The zero-order valence-electron chi connectivity index (χ0n) is 13.0. The van der Waals surface area contributed by atoms with E-state index in [4.69, 9.17) is 0 Å². The van der Waals surface area contributed by atoms with Crippen molar-refractivity contribution in [1.82, 2.24) is 10.2 Å². The molecule has 1 heterocycles. The third-order valence-electron chi connectivity index (χ3n) is 3.51. The zero-order chi connectivity index (χ0) is 16.2. The Labute approximate surface area is 139 Å². The van der Waals surface area contributed by atoms with E-state index in [1.807, 2.05) is 50.2 Å². The molecule has 0 bridgehead atoms. The smallest absolute Gasteiger partial charge is 0.257 e. The Morgan fingerprint density at radius 2 is 1.87 bits per heavy atom. The standard InChI is InChI=1S/C18H17N3OS/c1-12-8-9-15(13(2)10-12)17(22)19-18-21-20-16(23-18)11-14-6-4-3-5-7-14/h3-10H,11H2,1-2H3,(H,19,21,22). The Morgan fingerprint density at radius 3 is 2.61 bits per heavy atom. The van der Waals surface area contributed by atoms with Crippen molar-refractivity contribution in [2.75, 3.05) is 5.32 Å². The molecule has 0 atom stereocenters. The fourth-order valence-corrected chi connectivity index (χ4v) is 3.15. The van der Waals surface area contributed by atoms with Crippen LogP contribution < -0.4 is 5.32 Å². The summed E-state index contributed by atoms with van der Waals surface area (Å²) < 4.78 is 0. The van der Waals surface area contributed by atoms with Crippen molar-refractivity contribution in [2.45, 2.75) is 20.3 Å². The minimum atomic E-state index is -0.148. The quantitative estimate of drug-likeness (QED) is 0.789. The summed E-state index contributed by atoms with van der Waals surface area (Å²) in [5.74, 6) is -0.148. The topological polar surface area (TPSA) is 54.9 Å². The molecule has 1 aromatic heterocycles. The molecular formula is C18H17N3OS. The third-order valence-corrected chi connectivity index (χ3v) is 4.35. The highest BCUT2D eigenvalue weighted by atomic mass is 32.1. The maximum Gasteiger partial charge on any atom is 0.257 e. The molecule has 0 fully saturated rings. The van der Waals surface area contributed by atoms with E-state index in [0.29, 0.717) is 10.7 Å². The van der Waals surface area contributed by atoms with Crippen molar-refractivity contribution in [3.63, 3.8) is 0 Å². The van der Waals surface area contributed by atoms with Crippen LogP contribution in [0.4, 0.5) is 5.13 Å². The van der Waals surface area contributed by atoms with Gasteiger partial charge in [0.1, 0.15) is 5.01 Å². The largest absolute Gasteiger partial charge is 0.296 e. The van der Waals surface area contributed by atoms with E-state index in [2.05, 4.69) is 27.6 Å². The van der Waals surface area contributed by atoms with Gasteiger partial charge in [0.2, 0.25) is 5.13 Å². The Morgan fingerprint density at radius 1 is 1.09 bits per heavy atom. The fraction of sp³-hybridized carbons (Fsp3) is 0.167. The lowest BCUT2D eigenvalue weighted by Gasteiger charge is -2.05. The summed E-state index contributed by atoms with van der Waals surface area (Å²) in [5.41, 5.74) is 3.93. The van der Waals surface area contributed by atoms with E-state index < -0.39 is 0 Å². The maximum atomic E-state index is 12.3. The van der Waals surface area contributed by atoms with Gasteiger partial charge in [-0.3, -0.25) is 10.1 Å². The molecule has 23 heavy (non-hydrogen) atoms. The highest BCUT2D eigenvalue weighted by Gasteiger charge is 2.12. The van der Waals surface area contributed by atoms with Crippen molar-refractivity contribution in [2.24, 2.45) is 0 Å². The first-order chi connectivity index (χ1) is 11.1. The molecule has 0 saturated carbocycles. The number of nitrogens with zero attached hydrogens (tertiary/aromatic N) is 2. The Hall–Kier alpha value is -2.53. The minimum Gasteiger partial charge on any atom is -0.296 e. The van der Waals surface area contributed by atoms with Crippen LogP contribution in [0.3, 0.4) is 0 Å². The number of carbonyl (C=O) groups is 1. The van der Waals surface area contributed by atoms with Crippen molar-refractivity contribution in [1.29, 1.82) is 0 Å². The maximum absolute atomic E-state index is 12.3. The molecule has 0 aliphatic heterocycles. The molecule has 1 amide bonds. The van der Waals surface area contributed by atoms with E-state index in [9.17, 15) is 4.79 Å². The first-order valence-electron chi connectivity index (χ1n) is 7.37. The number of hydrogen-bond donors (Lipinski definition) is 1. The molecule has 0 unspecified atom stereocenters. The lowest BCUT2D eigenvalue weighted by molar-refractivity contribution is 0.102. The molecule has 0 saturated heterocycles. The van der Waals surface area contributed by atoms with Crippen LogP contribution in [0.1, 0.15) is 32.1 Å². The average Bonchev–Trinajstić information content (AvgIpc) is 2.95. The van der Waals surface area contributed by atoms with Crippen LogP contribution in [0.25, 0.3) is 0 Å². The van der Waals surface area contributed by atoms with Gasteiger partial charge in [0.25, 0.3) is 5.91 Å². The molecule has 116 valence electrons. The number of amides is 1. The van der Waals surface area contributed by atoms with Gasteiger partial charge >= 0.3 is 0 Å². The second-order valence-electron chi connectivity index (χ2n) is 5.44. The highest BCUT2D eigenvalue weighted by molar-refractivity contribution is 7.15. The van der Waals surface area contributed by atoms with Gasteiger partial charge in [0, 0.05) is 12.0 Å². The Bertz CT molecular complexity index is 827. The average molecular weight is 323 g/mol. The lowest BCUT2D eigenvalue weighted by atomic mass is 10.1. The van der Waals surface area contributed by atoms with E-state index in [-0.39, 0.29) is 5.91 Å².